The van der Waals surface area contributed by atoms with Gasteiger partial charge in [-0.2, -0.15) is 4.98 Å². The van der Waals surface area contributed by atoms with E-state index in [0.29, 0.717) is 31.4 Å². The molecule has 1 saturated heterocycles. The van der Waals surface area contributed by atoms with Gasteiger partial charge >= 0.3 is 0 Å². The molecule has 7 heteroatoms. The van der Waals surface area contributed by atoms with E-state index in [9.17, 15) is 9.90 Å². The van der Waals surface area contributed by atoms with Crippen molar-refractivity contribution in [3.8, 4) is 0 Å². The van der Waals surface area contributed by atoms with Crippen molar-refractivity contribution < 1.29 is 14.4 Å². The van der Waals surface area contributed by atoms with Crippen LogP contribution in [-0.4, -0.2) is 63.2 Å². The molecule has 2 heterocycles. The highest BCUT2D eigenvalue weighted by Crippen LogP contribution is 2.10. The molecule has 1 amide bonds. The van der Waals surface area contributed by atoms with E-state index in [1.165, 1.54) is 6.92 Å². The van der Waals surface area contributed by atoms with Gasteiger partial charge in [0.1, 0.15) is 6.10 Å². The lowest BCUT2D eigenvalue weighted by molar-refractivity contribution is -0.141. The predicted octanol–water partition coefficient (Wildman–Crippen LogP) is 0.683. The number of amides is 1. The van der Waals surface area contributed by atoms with Gasteiger partial charge < -0.3 is 14.5 Å². The third kappa shape index (κ3) is 4.78. The molecule has 1 unspecified atom stereocenters. The molecule has 0 aliphatic carbocycles. The number of aryl methyl sites for hydroxylation is 1. The van der Waals surface area contributed by atoms with Crippen molar-refractivity contribution >= 4 is 5.91 Å². The van der Waals surface area contributed by atoms with E-state index in [0.717, 1.165) is 31.8 Å². The Labute approximate surface area is 131 Å². The Hall–Kier alpha value is -1.47. The highest BCUT2D eigenvalue weighted by Gasteiger charge is 2.24. The summed E-state index contributed by atoms with van der Waals surface area (Å²) in [6, 6.07) is 0. The van der Waals surface area contributed by atoms with E-state index >= 15 is 0 Å². The zero-order valence-corrected chi connectivity index (χ0v) is 13.7. The van der Waals surface area contributed by atoms with Crippen LogP contribution in [0, 0.1) is 5.92 Å². The van der Waals surface area contributed by atoms with Crippen LogP contribution in [0.5, 0.6) is 0 Å². The van der Waals surface area contributed by atoms with Crippen molar-refractivity contribution in [2.45, 2.75) is 46.3 Å². The van der Waals surface area contributed by atoms with Gasteiger partial charge in [0.2, 0.25) is 5.89 Å². The number of aliphatic hydroxyl groups is 1. The molecule has 0 radical (unpaired) electrons. The fourth-order valence-electron chi connectivity index (χ4n) is 2.46. The summed E-state index contributed by atoms with van der Waals surface area (Å²) in [6.45, 7) is 9.22. The Morgan fingerprint density at radius 1 is 1.27 bits per heavy atom. The maximum Gasteiger partial charge on any atom is 0.251 e. The number of hydrogen-bond donors (Lipinski definition) is 1. The monoisotopic (exact) mass is 310 g/mol. The minimum Gasteiger partial charge on any atom is -0.384 e. The van der Waals surface area contributed by atoms with Gasteiger partial charge in [-0.1, -0.05) is 19.0 Å². The summed E-state index contributed by atoms with van der Waals surface area (Å²) in [5.41, 5.74) is 0. The molecule has 1 aromatic rings. The molecule has 124 valence electrons. The van der Waals surface area contributed by atoms with Crippen LogP contribution in [0.25, 0.3) is 0 Å². The number of carbonyl (C=O) groups is 1. The molecule has 22 heavy (non-hydrogen) atoms. The average molecular weight is 310 g/mol. The van der Waals surface area contributed by atoms with Gasteiger partial charge in [-0.05, 0) is 19.3 Å². The first kappa shape index (κ1) is 16.9. The molecular weight excluding hydrogens is 284 g/mol. The normalized spacial score (nSPS) is 18.0. The first-order valence-corrected chi connectivity index (χ1v) is 7.96. The Morgan fingerprint density at radius 2 is 1.95 bits per heavy atom. The van der Waals surface area contributed by atoms with E-state index in [1.54, 1.807) is 4.90 Å². The molecular formula is C15H26N4O3. The topological polar surface area (TPSA) is 82.7 Å². The smallest absolute Gasteiger partial charge is 0.251 e. The Morgan fingerprint density at radius 3 is 2.55 bits per heavy atom. The standard InChI is InChI=1S/C15H26N4O3/c1-11(2)4-5-13-16-14(22-17-13)10-18-6-8-19(9-7-18)15(21)12(3)20/h11-12,20H,4-10H2,1-3H3. The molecule has 1 atom stereocenters. The second kappa shape index (κ2) is 7.69. The largest absolute Gasteiger partial charge is 0.384 e. The van der Waals surface area contributed by atoms with Crippen LogP contribution in [0.1, 0.15) is 38.9 Å². The third-order valence-corrected chi connectivity index (χ3v) is 3.86. The van der Waals surface area contributed by atoms with Gasteiger partial charge in [0.25, 0.3) is 5.91 Å². The number of hydrogen-bond acceptors (Lipinski definition) is 6. The van der Waals surface area contributed by atoms with Gasteiger partial charge in [-0.3, -0.25) is 9.69 Å². The molecule has 1 fully saturated rings. The van der Waals surface area contributed by atoms with Crippen LogP contribution < -0.4 is 0 Å². The quantitative estimate of drug-likeness (QED) is 0.832. The van der Waals surface area contributed by atoms with Crippen LogP contribution in [0.4, 0.5) is 0 Å². The molecule has 0 bridgehead atoms. The summed E-state index contributed by atoms with van der Waals surface area (Å²) < 4.78 is 5.29. The molecule has 0 saturated carbocycles. The minimum atomic E-state index is -0.925. The van der Waals surface area contributed by atoms with Crippen molar-refractivity contribution in [1.29, 1.82) is 0 Å². The average Bonchev–Trinajstić information content (AvgIpc) is 2.92. The highest BCUT2D eigenvalue weighted by molar-refractivity contribution is 5.80. The molecule has 1 N–H and O–H groups in total. The number of carbonyl (C=O) groups excluding carboxylic acids is 1. The highest BCUT2D eigenvalue weighted by atomic mass is 16.5. The molecule has 0 spiro atoms. The lowest BCUT2D eigenvalue weighted by atomic mass is 10.1. The number of rotatable bonds is 6. The minimum absolute atomic E-state index is 0.201. The van der Waals surface area contributed by atoms with Crippen LogP contribution in [-0.2, 0) is 17.8 Å². The van der Waals surface area contributed by atoms with Crippen LogP contribution >= 0.6 is 0 Å². The van der Waals surface area contributed by atoms with Crippen molar-refractivity contribution in [3.05, 3.63) is 11.7 Å². The SMILES string of the molecule is CC(C)CCc1noc(CN2CCN(C(=O)C(C)O)CC2)n1. The summed E-state index contributed by atoms with van der Waals surface area (Å²) in [4.78, 5) is 20.0. The summed E-state index contributed by atoms with van der Waals surface area (Å²) in [5.74, 6) is 1.83. The third-order valence-electron chi connectivity index (χ3n) is 3.86. The zero-order chi connectivity index (χ0) is 16.1. The van der Waals surface area contributed by atoms with E-state index in [-0.39, 0.29) is 5.91 Å². The Kier molecular flexibility index (Phi) is 5.90. The molecule has 7 nitrogen and oxygen atoms in total. The number of aromatic nitrogens is 2. The van der Waals surface area contributed by atoms with Crippen molar-refractivity contribution in [2.24, 2.45) is 5.92 Å². The lowest BCUT2D eigenvalue weighted by Crippen LogP contribution is -2.50. The van der Waals surface area contributed by atoms with E-state index < -0.39 is 6.10 Å². The Balaban J connectivity index is 1.77. The molecule has 0 aromatic carbocycles. The van der Waals surface area contributed by atoms with Crippen molar-refractivity contribution in [1.82, 2.24) is 19.9 Å². The molecule has 1 aliphatic rings. The van der Waals surface area contributed by atoms with Crippen molar-refractivity contribution in [3.63, 3.8) is 0 Å². The van der Waals surface area contributed by atoms with Crippen molar-refractivity contribution in [2.75, 3.05) is 26.2 Å². The first-order chi connectivity index (χ1) is 10.5. The maximum absolute atomic E-state index is 11.7. The number of nitrogens with zero attached hydrogens (tertiary/aromatic N) is 4. The number of aliphatic hydroxyl groups excluding tert-OH is 1. The van der Waals surface area contributed by atoms with Crippen LogP contribution in [0.15, 0.2) is 4.52 Å². The summed E-state index contributed by atoms with van der Waals surface area (Å²) >= 11 is 0. The fourth-order valence-corrected chi connectivity index (χ4v) is 2.46. The Bertz CT molecular complexity index is 479. The van der Waals surface area contributed by atoms with Gasteiger partial charge in [0.15, 0.2) is 5.82 Å². The lowest BCUT2D eigenvalue weighted by Gasteiger charge is -2.34. The van der Waals surface area contributed by atoms with Crippen LogP contribution in [0.3, 0.4) is 0 Å². The first-order valence-electron chi connectivity index (χ1n) is 7.96. The van der Waals surface area contributed by atoms with E-state index in [4.69, 9.17) is 4.52 Å². The summed E-state index contributed by atoms with van der Waals surface area (Å²) in [5, 5.41) is 13.3. The number of piperazine rings is 1. The van der Waals surface area contributed by atoms with Gasteiger partial charge in [-0.15, -0.1) is 0 Å². The van der Waals surface area contributed by atoms with Gasteiger partial charge in [0.05, 0.1) is 6.54 Å². The molecule has 2 rings (SSSR count). The van der Waals surface area contributed by atoms with Gasteiger partial charge in [-0.25, -0.2) is 0 Å². The zero-order valence-electron chi connectivity index (χ0n) is 13.7. The fraction of sp³-hybridized carbons (Fsp3) is 0.800. The predicted molar refractivity (Wildman–Crippen MR) is 81.0 cm³/mol. The second-order valence-corrected chi connectivity index (χ2v) is 6.31. The van der Waals surface area contributed by atoms with E-state index in [1.807, 2.05) is 0 Å². The second-order valence-electron chi connectivity index (χ2n) is 6.31. The maximum atomic E-state index is 11.7. The molecule has 1 aromatic heterocycles. The van der Waals surface area contributed by atoms with Crippen LogP contribution in [0.2, 0.25) is 0 Å². The van der Waals surface area contributed by atoms with Gasteiger partial charge in [0, 0.05) is 32.6 Å². The summed E-state index contributed by atoms with van der Waals surface area (Å²) in [6.07, 6.45) is 0.975. The summed E-state index contributed by atoms with van der Waals surface area (Å²) in [7, 11) is 0. The van der Waals surface area contributed by atoms with E-state index in [2.05, 4.69) is 28.9 Å². The molecule has 1 aliphatic heterocycles.